The van der Waals surface area contributed by atoms with Crippen LogP contribution in [0.15, 0.2) is 42.5 Å². The molecule has 0 heterocycles. The van der Waals surface area contributed by atoms with Crippen molar-refractivity contribution in [3.8, 4) is 5.75 Å². The lowest BCUT2D eigenvalue weighted by atomic mass is 10.1. The number of halogens is 1. The lowest BCUT2D eigenvalue weighted by Gasteiger charge is -2.12. The Hall–Kier alpha value is -1.51. The van der Waals surface area contributed by atoms with E-state index in [1.54, 1.807) is 0 Å². The normalized spacial score (nSPS) is 10.4. The minimum Gasteiger partial charge on any atom is -0.489 e. The zero-order valence-electron chi connectivity index (χ0n) is 10.3. The summed E-state index contributed by atoms with van der Waals surface area (Å²) in [7, 11) is 0. The Kier molecular flexibility index (Phi) is 4.24. The van der Waals surface area contributed by atoms with Crippen molar-refractivity contribution in [3.05, 3.63) is 64.2 Å². The Bertz CT molecular complexity index is 540. The molecule has 0 amide bonds. The van der Waals surface area contributed by atoms with E-state index in [1.165, 1.54) is 5.56 Å². The van der Waals surface area contributed by atoms with Crippen molar-refractivity contribution < 1.29 is 4.74 Å². The molecule has 0 spiro atoms. The molecule has 2 N–H and O–H groups in total. The van der Waals surface area contributed by atoms with Gasteiger partial charge in [-0.3, -0.25) is 0 Å². The van der Waals surface area contributed by atoms with Crippen LogP contribution in [0, 0.1) is 6.92 Å². The fourth-order valence-corrected chi connectivity index (χ4v) is 2.08. The fourth-order valence-electron chi connectivity index (χ4n) is 1.84. The summed E-state index contributed by atoms with van der Waals surface area (Å²) in [5.74, 6) is 0.756. The van der Waals surface area contributed by atoms with Gasteiger partial charge in [-0.25, -0.2) is 0 Å². The van der Waals surface area contributed by atoms with E-state index in [1.807, 2.05) is 30.3 Å². The summed E-state index contributed by atoms with van der Waals surface area (Å²) in [6.07, 6.45) is 0. The van der Waals surface area contributed by atoms with Crippen molar-refractivity contribution in [1.29, 1.82) is 0 Å². The van der Waals surface area contributed by atoms with Gasteiger partial charge in [0.15, 0.2) is 0 Å². The molecule has 0 aliphatic heterocycles. The Balaban J connectivity index is 2.13. The molecule has 0 radical (unpaired) electrons. The van der Waals surface area contributed by atoms with E-state index in [-0.39, 0.29) is 0 Å². The van der Waals surface area contributed by atoms with Gasteiger partial charge in [-0.15, -0.1) is 0 Å². The van der Waals surface area contributed by atoms with E-state index < -0.39 is 0 Å². The molecular formula is C15H16ClNO. The highest BCUT2D eigenvalue weighted by molar-refractivity contribution is 6.31. The number of ether oxygens (including phenoxy) is 1. The predicted octanol–water partition coefficient (Wildman–Crippen LogP) is 3.69. The van der Waals surface area contributed by atoms with Gasteiger partial charge in [-0.05, 0) is 24.6 Å². The Labute approximate surface area is 112 Å². The summed E-state index contributed by atoms with van der Waals surface area (Å²) in [5.41, 5.74) is 8.89. The summed E-state index contributed by atoms with van der Waals surface area (Å²) in [6, 6.07) is 13.8. The topological polar surface area (TPSA) is 35.2 Å². The highest BCUT2D eigenvalue weighted by Gasteiger charge is 2.06. The van der Waals surface area contributed by atoms with Crippen molar-refractivity contribution >= 4 is 11.6 Å². The minimum absolute atomic E-state index is 0.378. The summed E-state index contributed by atoms with van der Waals surface area (Å²) in [4.78, 5) is 0. The quantitative estimate of drug-likeness (QED) is 0.911. The molecule has 0 atom stereocenters. The SMILES string of the molecule is Cc1cccc(COc2cccc(Cl)c2CN)c1. The molecule has 2 nitrogen and oxygen atoms in total. The lowest BCUT2D eigenvalue weighted by Crippen LogP contribution is -2.03. The van der Waals surface area contributed by atoms with Crippen LogP contribution in [0.5, 0.6) is 5.75 Å². The fraction of sp³-hybridized carbons (Fsp3) is 0.200. The monoisotopic (exact) mass is 261 g/mol. The first-order valence-corrected chi connectivity index (χ1v) is 6.24. The predicted molar refractivity (Wildman–Crippen MR) is 74.9 cm³/mol. The number of hydrogen-bond donors (Lipinski definition) is 1. The lowest BCUT2D eigenvalue weighted by molar-refractivity contribution is 0.303. The highest BCUT2D eigenvalue weighted by atomic mass is 35.5. The maximum atomic E-state index is 6.08. The van der Waals surface area contributed by atoms with Crippen LogP contribution < -0.4 is 10.5 Å². The van der Waals surface area contributed by atoms with Gasteiger partial charge in [-0.1, -0.05) is 47.5 Å². The summed E-state index contributed by atoms with van der Waals surface area (Å²) >= 11 is 6.08. The third kappa shape index (κ3) is 3.03. The van der Waals surface area contributed by atoms with E-state index in [0.29, 0.717) is 18.2 Å². The standard InChI is InChI=1S/C15H16ClNO/c1-11-4-2-5-12(8-11)10-18-15-7-3-6-14(16)13(15)9-17/h2-8H,9-10,17H2,1H3. The average Bonchev–Trinajstić information content (AvgIpc) is 2.36. The Morgan fingerprint density at radius 3 is 2.67 bits per heavy atom. The Morgan fingerprint density at radius 2 is 1.94 bits per heavy atom. The summed E-state index contributed by atoms with van der Waals surface area (Å²) in [6.45, 7) is 2.96. The molecule has 2 aromatic rings. The largest absolute Gasteiger partial charge is 0.489 e. The molecule has 0 unspecified atom stereocenters. The average molecular weight is 262 g/mol. The zero-order valence-corrected chi connectivity index (χ0v) is 11.1. The van der Waals surface area contributed by atoms with Crippen molar-refractivity contribution in [1.82, 2.24) is 0 Å². The molecule has 0 aromatic heterocycles. The van der Waals surface area contributed by atoms with E-state index in [0.717, 1.165) is 16.9 Å². The first-order valence-electron chi connectivity index (χ1n) is 5.86. The van der Waals surface area contributed by atoms with Crippen LogP contribution in [0.1, 0.15) is 16.7 Å². The number of aryl methyl sites for hydroxylation is 1. The van der Waals surface area contributed by atoms with Gasteiger partial charge in [0.1, 0.15) is 12.4 Å². The van der Waals surface area contributed by atoms with Crippen LogP contribution in [-0.2, 0) is 13.2 Å². The van der Waals surface area contributed by atoms with Crippen LogP contribution in [0.2, 0.25) is 5.02 Å². The molecule has 0 aliphatic rings. The van der Waals surface area contributed by atoms with E-state index >= 15 is 0 Å². The van der Waals surface area contributed by atoms with Crippen LogP contribution in [-0.4, -0.2) is 0 Å². The zero-order chi connectivity index (χ0) is 13.0. The molecular weight excluding hydrogens is 246 g/mol. The first-order chi connectivity index (χ1) is 8.70. The highest BCUT2D eigenvalue weighted by Crippen LogP contribution is 2.26. The number of benzene rings is 2. The second kappa shape index (κ2) is 5.89. The van der Waals surface area contributed by atoms with Crippen molar-refractivity contribution in [2.45, 2.75) is 20.1 Å². The van der Waals surface area contributed by atoms with Gasteiger partial charge in [-0.2, -0.15) is 0 Å². The van der Waals surface area contributed by atoms with E-state index in [4.69, 9.17) is 22.1 Å². The molecule has 94 valence electrons. The van der Waals surface area contributed by atoms with Gasteiger partial charge in [0.25, 0.3) is 0 Å². The van der Waals surface area contributed by atoms with Gasteiger partial charge < -0.3 is 10.5 Å². The number of nitrogens with two attached hydrogens (primary N) is 1. The second-order valence-electron chi connectivity index (χ2n) is 4.20. The second-order valence-corrected chi connectivity index (χ2v) is 4.61. The van der Waals surface area contributed by atoms with Crippen LogP contribution >= 0.6 is 11.6 Å². The smallest absolute Gasteiger partial charge is 0.125 e. The maximum absolute atomic E-state index is 6.08. The minimum atomic E-state index is 0.378. The Morgan fingerprint density at radius 1 is 1.17 bits per heavy atom. The molecule has 0 aliphatic carbocycles. The van der Waals surface area contributed by atoms with Crippen LogP contribution in [0.4, 0.5) is 0 Å². The molecule has 0 saturated carbocycles. The first kappa shape index (κ1) is 12.9. The van der Waals surface area contributed by atoms with Crippen molar-refractivity contribution in [2.24, 2.45) is 5.73 Å². The molecule has 18 heavy (non-hydrogen) atoms. The molecule has 0 fully saturated rings. The molecule has 2 aromatic carbocycles. The summed E-state index contributed by atoms with van der Waals surface area (Å²) in [5, 5.41) is 0.652. The van der Waals surface area contributed by atoms with Gasteiger partial charge in [0.2, 0.25) is 0 Å². The van der Waals surface area contributed by atoms with Gasteiger partial charge in [0, 0.05) is 17.1 Å². The molecule has 2 rings (SSSR count). The molecule has 3 heteroatoms. The molecule has 0 bridgehead atoms. The number of hydrogen-bond acceptors (Lipinski definition) is 2. The summed E-state index contributed by atoms with van der Waals surface area (Å²) < 4.78 is 5.79. The third-order valence-corrected chi connectivity index (χ3v) is 3.11. The molecule has 0 saturated heterocycles. The van der Waals surface area contributed by atoms with E-state index in [9.17, 15) is 0 Å². The van der Waals surface area contributed by atoms with Crippen LogP contribution in [0.3, 0.4) is 0 Å². The van der Waals surface area contributed by atoms with Gasteiger partial charge >= 0.3 is 0 Å². The van der Waals surface area contributed by atoms with Crippen LogP contribution in [0.25, 0.3) is 0 Å². The number of rotatable bonds is 4. The maximum Gasteiger partial charge on any atom is 0.125 e. The van der Waals surface area contributed by atoms with Crippen molar-refractivity contribution in [2.75, 3.05) is 0 Å². The third-order valence-electron chi connectivity index (χ3n) is 2.76. The van der Waals surface area contributed by atoms with Gasteiger partial charge in [0.05, 0.1) is 0 Å². The van der Waals surface area contributed by atoms with Crippen molar-refractivity contribution in [3.63, 3.8) is 0 Å². The van der Waals surface area contributed by atoms with E-state index in [2.05, 4.69) is 19.1 Å².